The number of benzene rings is 1. The molecular formula is C29H27FN8O. The number of aliphatic hydroxyl groups is 1. The van der Waals surface area contributed by atoms with E-state index in [0.717, 1.165) is 28.1 Å². The van der Waals surface area contributed by atoms with Gasteiger partial charge in [-0.15, -0.1) is 5.10 Å². The Morgan fingerprint density at radius 2 is 1.56 bits per heavy atom. The highest BCUT2D eigenvalue weighted by molar-refractivity contribution is 5.66. The Morgan fingerprint density at radius 1 is 0.872 bits per heavy atom. The van der Waals surface area contributed by atoms with E-state index in [2.05, 4.69) is 15.2 Å². The summed E-state index contributed by atoms with van der Waals surface area (Å²) >= 11 is 0. The second kappa shape index (κ2) is 9.25. The number of aromatic nitrogens is 8. The lowest BCUT2D eigenvalue weighted by molar-refractivity contribution is 0.0345. The molecule has 1 N–H and O–H groups in total. The van der Waals surface area contributed by atoms with Crippen LogP contribution in [0.25, 0.3) is 34.1 Å². The minimum Gasteiger partial charge on any atom is -0.388 e. The van der Waals surface area contributed by atoms with Crippen molar-refractivity contribution in [3.05, 3.63) is 102 Å². The van der Waals surface area contributed by atoms with Gasteiger partial charge in [0.15, 0.2) is 5.65 Å². The van der Waals surface area contributed by atoms with Crippen LogP contribution in [0.5, 0.6) is 0 Å². The molecule has 9 nitrogen and oxygen atoms in total. The van der Waals surface area contributed by atoms with Crippen LogP contribution in [-0.4, -0.2) is 49.6 Å². The summed E-state index contributed by atoms with van der Waals surface area (Å²) in [7, 11) is 0. The molecule has 0 fully saturated rings. The minimum absolute atomic E-state index is 0.336. The quantitative estimate of drug-likeness (QED) is 0.332. The monoisotopic (exact) mass is 522 g/mol. The average Bonchev–Trinajstić information content (AvgIpc) is 3.63. The Hall–Kier alpha value is -4.70. The number of fused-ring (bicyclic) bond motifs is 1. The van der Waals surface area contributed by atoms with Crippen molar-refractivity contribution >= 4 is 5.65 Å². The molecule has 6 rings (SSSR count). The summed E-state index contributed by atoms with van der Waals surface area (Å²) in [5.41, 5.74) is 5.31. The Bertz CT molecular complexity index is 1770. The topological polar surface area (TPSA) is 99.0 Å². The molecule has 1 unspecified atom stereocenters. The fourth-order valence-corrected chi connectivity index (χ4v) is 4.89. The van der Waals surface area contributed by atoms with E-state index in [1.54, 1.807) is 53.8 Å². The zero-order valence-electron chi connectivity index (χ0n) is 22.0. The van der Waals surface area contributed by atoms with Crippen LogP contribution in [-0.2, 0) is 0 Å². The molecule has 5 heterocycles. The summed E-state index contributed by atoms with van der Waals surface area (Å²) in [6.45, 7) is 7.45. The van der Waals surface area contributed by atoms with E-state index >= 15 is 0 Å². The van der Waals surface area contributed by atoms with Gasteiger partial charge in [-0.05, 0) is 69.7 Å². The molecule has 0 amide bonds. The third kappa shape index (κ3) is 4.59. The highest BCUT2D eigenvalue weighted by Crippen LogP contribution is 2.31. The van der Waals surface area contributed by atoms with Crippen molar-refractivity contribution in [3.8, 4) is 28.5 Å². The van der Waals surface area contributed by atoms with Gasteiger partial charge in [-0.25, -0.2) is 13.9 Å². The van der Waals surface area contributed by atoms with Crippen molar-refractivity contribution in [1.29, 1.82) is 0 Å². The van der Waals surface area contributed by atoms with E-state index in [1.165, 1.54) is 12.1 Å². The van der Waals surface area contributed by atoms with Crippen LogP contribution in [0.1, 0.15) is 36.8 Å². The zero-order chi connectivity index (χ0) is 27.3. The fourth-order valence-electron chi connectivity index (χ4n) is 4.89. The molecule has 39 heavy (non-hydrogen) atoms. The number of nitrogens with zero attached hydrogens (tertiary/aromatic N) is 8. The molecule has 196 valence electrons. The molecule has 1 aromatic carbocycles. The van der Waals surface area contributed by atoms with Crippen LogP contribution in [0.15, 0.2) is 79.5 Å². The molecule has 1 atom stereocenters. The Kier molecular flexibility index (Phi) is 5.84. The zero-order valence-corrected chi connectivity index (χ0v) is 22.0. The average molecular weight is 523 g/mol. The van der Waals surface area contributed by atoms with Crippen LogP contribution in [0.3, 0.4) is 0 Å². The molecule has 0 bridgehead atoms. The third-order valence-corrected chi connectivity index (χ3v) is 6.74. The number of aryl methyl sites for hydroxylation is 2. The molecular weight excluding hydrogens is 495 g/mol. The molecule has 0 saturated carbocycles. The van der Waals surface area contributed by atoms with Crippen molar-refractivity contribution < 1.29 is 9.50 Å². The van der Waals surface area contributed by atoms with Crippen LogP contribution < -0.4 is 0 Å². The number of hydrogen-bond donors (Lipinski definition) is 1. The van der Waals surface area contributed by atoms with Crippen LogP contribution in [0, 0.1) is 19.7 Å². The Morgan fingerprint density at radius 3 is 2.26 bits per heavy atom. The lowest BCUT2D eigenvalue weighted by Gasteiger charge is -2.30. The lowest BCUT2D eigenvalue weighted by atomic mass is 9.92. The van der Waals surface area contributed by atoms with Crippen molar-refractivity contribution in [3.63, 3.8) is 0 Å². The van der Waals surface area contributed by atoms with Gasteiger partial charge in [0.25, 0.3) is 5.95 Å². The number of hydrogen-bond acceptors (Lipinski definition) is 6. The number of halogens is 1. The van der Waals surface area contributed by atoms with Gasteiger partial charge < -0.3 is 5.11 Å². The lowest BCUT2D eigenvalue weighted by Crippen LogP contribution is -2.34. The van der Waals surface area contributed by atoms with Crippen LogP contribution in [0.4, 0.5) is 4.39 Å². The largest absolute Gasteiger partial charge is 0.388 e. The van der Waals surface area contributed by atoms with Gasteiger partial charge in [-0.1, -0.05) is 12.1 Å². The molecule has 5 aromatic heterocycles. The molecule has 10 heteroatoms. The summed E-state index contributed by atoms with van der Waals surface area (Å²) < 4.78 is 19.0. The highest BCUT2D eigenvalue weighted by Gasteiger charge is 2.31. The molecule has 0 aliphatic heterocycles. The van der Waals surface area contributed by atoms with Gasteiger partial charge >= 0.3 is 0 Å². The first-order valence-electron chi connectivity index (χ1n) is 12.5. The van der Waals surface area contributed by atoms with Gasteiger partial charge in [-0.3, -0.25) is 14.2 Å². The molecule has 0 saturated heterocycles. The molecule has 0 aliphatic rings. The Balaban J connectivity index is 1.33. The van der Waals surface area contributed by atoms with Crippen molar-refractivity contribution in [2.75, 3.05) is 0 Å². The maximum atomic E-state index is 13.5. The summed E-state index contributed by atoms with van der Waals surface area (Å²) in [6.07, 6.45) is 8.74. The van der Waals surface area contributed by atoms with E-state index in [9.17, 15) is 9.50 Å². The third-order valence-electron chi connectivity index (χ3n) is 6.74. The SMILES string of the molecule is Cc1ccc(C)n1-c1nc2cc(-c3cncc(-c4cnn(C(c5ccc(F)cc5)C(C)(C)O)c4)n3)ccn2n1. The van der Waals surface area contributed by atoms with E-state index in [1.807, 2.05) is 55.1 Å². The van der Waals surface area contributed by atoms with Gasteiger partial charge in [0.05, 0.1) is 35.6 Å². The van der Waals surface area contributed by atoms with Crippen LogP contribution in [0.2, 0.25) is 0 Å². The second-order valence-corrected chi connectivity index (χ2v) is 10.2. The standard InChI is InChI=1S/C29H27FN8O/c1-18-5-6-19(2)38(18)28-34-26-13-21(11-12-36(26)35-28)24-15-31-16-25(33-24)22-14-32-37(17-22)27(29(3,4)39)20-7-9-23(30)10-8-20/h5-17,27,39H,1-4H3. The van der Waals surface area contributed by atoms with E-state index in [4.69, 9.17) is 9.97 Å². The summed E-state index contributed by atoms with van der Waals surface area (Å²) in [6, 6.07) is 13.5. The van der Waals surface area contributed by atoms with Crippen molar-refractivity contribution in [2.24, 2.45) is 0 Å². The van der Waals surface area contributed by atoms with Gasteiger partial charge in [0, 0.05) is 34.9 Å². The summed E-state index contributed by atoms with van der Waals surface area (Å²) in [5, 5.41) is 20.0. The predicted octanol–water partition coefficient (Wildman–Crippen LogP) is 4.96. The molecule has 0 radical (unpaired) electrons. The first kappa shape index (κ1) is 24.6. The number of rotatable bonds is 6. The maximum Gasteiger partial charge on any atom is 0.254 e. The van der Waals surface area contributed by atoms with Gasteiger partial charge in [0.2, 0.25) is 0 Å². The fraction of sp³-hybridized carbons (Fsp3) is 0.207. The van der Waals surface area contributed by atoms with E-state index in [-0.39, 0.29) is 5.82 Å². The molecule has 0 aliphatic carbocycles. The molecule has 0 spiro atoms. The second-order valence-electron chi connectivity index (χ2n) is 10.2. The Labute approximate surface area is 224 Å². The highest BCUT2D eigenvalue weighted by atomic mass is 19.1. The number of pyridine rings is 1. The summed E-state index contributed by atoms with van der Waals surface area (Å²) in [4.78, 5) is 14.0. The first-order valence-corrected chi connectivity index (χ1v) is 12.5. The summed E-state index contributed by atoms with van der Waals surface area (Å²) in [5.74, 6) is 0.277. The van der Waals surface area contributed by atoms with Gasteiger partial charge in [0.1, 0.15) is 11.9 Å². The maximum absolute atomic E-state index is 13.5. The van der Waals surface area contributed by atoms with Crippen molar-refractivity contribution in [1.82, 2.24) is 38.9 Å². The molecule has 6 aromatic rings. The normalized spacial score (nSPS) is 12.8. The van der Waals surface area contributed by atoms with E-state index in [0.29, 0.717) is 23.0 Å². The van der Waals surface area contributed by atoms with E-state index < -0.39 is 11.6 Å². The minimum atomic E-state index is -1.15. The smallest absolute Gasteiger partial charge is 0.254 e. The van der Waals surface area contributed by atoms with Crippen molar-refractivity contribution in [2.45, 2.75) is 39.3 Å². The first-order chi connectivity index (χ1) is 18.7. The predicted molar refractivity (Wildman–Crippen MR) is 145 cm³/mol. The van der Waals surface area contributed by atoms with Gasteiger partial charge in [-0.2, -0.15) is 10.1 Å². The van der Waals surface area contributed by atoms with Crippen LogP contribution >= 0.6 is 0 Å².